The van der Waals surface area contributed by atoms with Crippen molar-refractivity contribution in [2.75, 3.05) is 19.6 Å². The van der Waals surface area contributed by atoms with Crippen LogP contribution in [0.3, 0.4) is 0 Å². The van der Waals surface area contributed by atoms with Crippen LogP contribution in [0, 0.1) is 18.7 Å². The predicted molar refractivity (Wildman–Crippen MR) is 107 cm³/mol. The first-order valence-corrected chi connectivity index (χ1v) is 10.3. The molecule has 2 atom stereocenters. The molecule has 1 aliphatic carbocycles. The normalized spacial score (nSPS) is 24.4. The topological polar surface area (TPSA) is 23.5 Å². The molecule has 0 spiro atoms. The Morgan fingerprint density at radius 1 is 1.07 bits per heavy atom. The van der Waals surface area contributed by atoms with Gasteiger partial charge in [0.25, 0.3) is 0 Å². The fourth-order valence-corrected chi connectivity index (χ4v) is 5.03. The molecule has 2 nitrogen and oxygen atoms in total. The molecule has 0 radical (unpaired) electrons. The highest BCUT2D eigenvalue weighted by molar-refractivity contribution is 5.37. The van der Waals surface area contributed by atoms with Crippen molar-refractivity contribution in [3.05, 3.63) is 70.5 Å². The summed E-state index contributed by atoms with van der Waals surface area (Å²) < 4.78 is 13.5. The molecule has 4 rings (SSSR count). The number of likely N-dealkylation sites (tertiary alicyclic amines) is 1. The summed E-state index contributed by atoms with van der Waals surface area (Å²) in [7, 11) is 0. The van der Waals surface area contributed by atoms with Crippen molar-refractivity contribution in [2.45, 2.75) is 51.0 Å². The number of aryl methyl sites for hydroxylation is 1. The van der Waals surface area contributed by atoms with Crippen LogP contribution in [0.15, 0.2) is 42.5 Å². The van der Waals surface area contributed by atoms with Crippen molar-refractivity contribution in [3.63, 3.8) is 0 Å². The number of fused-ring (bicyclic) bond motifs is 1. The van der Waals surface area contributed by atoms with E-state index in [1.165, 1.54) is 17.2 Å². The Balaban J connectivity index is 1.34. The smallest absolute Gasteiger partial charge is 0.123 e. The Bertz CT molecular complexity index is 782. The number of benzene rings is 2. The lowest BCUT2D eigenvalue weighted by atomic mass is 9.88. The van der Waals surface area contributed by atoms with Crippen molar-refractivity contribution in [2.24, 2.45) is 5.92 Å². The van der Waals surface area contributed by atoms with Gasteiger partial charge in [-0.05, 0) is 98.3 Å². The Hall–Kier alpha value is -1.71. The lowest BCUT2D eigenvalue weighted by Crippen LogP contribution is -2.36. The summed E-state index contributed by atoms with van der Waals surface area (Å²) in [5, 5.41) is 10.7. The predicted octanol–water partition coefficient (Wildman–Crippen LogP) is 5.00. The summed E-state index contributed by atoms with van der Waals surface area (Å²) in [6, 6.07) is 13.4. The Kier molecular flexibility index (Phi) is 5.60. The first-order chi connectivity index (χ1) is 13.1. The molecule has 1 N–H and O–H groups in total. The van der Waals surface area contributed by atoms with Gasteiger partial charge in [-0.25, -0.2) is 4.39 Å². The van der Waals surface area contributed by atoms with E-state index in [-0.39, 0.29) is 11.9 Å². The molecule has 1 heterocycles. The molecular weight excluding hydrogens is 337 g/mol. The fourth-order valence-electron chi connectivity index (χ4n) is 5.03. The third-order valence-electron chi connectivity index (χ3n) is 6.59. The first kappa shape index (κ1) is 18.6. The van der Waals surface area contributed by atoms with Gasteiger partial charge in [-0.1, -0.05) is 30.3 Å². The van der Waals surface area contributed by atoms with E-state index in [2.05, 4.69) is 36.1 Å². The minimum absolute atomic E-state index is 0.128. The zero-order valence-corrected chi connectivity index (χ0v) is 16.2. The second kappa shape index (κ2) is 8.12. The van der Waals surface area contributed by atoms with Gasteiger partial charge in [-0.2, -0.15) is 0 Å². The second-order valence-electron chi connectivity index (χ2n) is 8.43. The highest BCUT2D eigenvalue weighted by Gasteiger charge is 2.27. The van der Waals surface area contributed by atoms with Crippen LogP contribution in [-0.4, -0.2) is 29.6 Å². The number of aliphatic hydroxyl groups is 1. The summed E-state index contributed by atoms with van der Waals surface area (Å²) in [5.74, 6) is 0.887. The number of halogens is 1. The molecule has 2 aromatic carbocycles. The van der Waals surface area contributed by atoms with Crippen LogP contribution in [0.25, 0.3) is 0 Å². The van der Waals surface area contributed by atoms with Crippen LogP contribution in [0.5, 0.6) is 0 Å². The van der Waals surface area contributed by atoms with E-state index >= 15 is 0 Å². The first-order valence-electron chi connectivity index (χ1n) is 10.3. The van der Waals surface area contributed by atoms with Gasteiger partial charge in [0.15, 0.2) is 0 Å². The molecule has 1 aliphatic heterocycles. The standard InChI is InChI=1S/C24H30FNO/c1-17-4-2-7-23-22(17)9-8-18(14-24(23)27)16-26-12-10-19(11-13-26)20-5-3-6-21(25)15-20/h2-7,15,18-19,24,27H,8-14,16H2,1H3. The molecule has 144 valence electrons. The van der Waals surface area contributed by atoms with Crippen molar-refractivity contribution in [1.82, 2.24) is 4.90 Å². The molecule has 0 amide bonds. The Labute approximate surface area is 162 Å². The largest absolute Gasteiger partial charge is 0.388 e. The molecule has 1 fully saturated rings. The van der Waals surface area contributed by atoms with Gasteiger partial charge in [-0.15, -0.1) is 0 Å². The summed E-state index contributed by atoms with van der Waals surface area (Å²) in [6.07, 6.45) is 4.94. The molecule has 2 aromatic rings. The zero-order chi connectivity index (χ0) is 18.8. The highest BCUT2D eigenvalue weighted by Crippen LogP contribution is 2.35. The lowest BCUT2D eigenvalue weighted by Gasteiger charge is -2.34. The number of rotatable bonds is 3. The third-order valence-corrected chi connectivity index (χ3v) is 6.59. The minimum atomic E-state index is -0.336. The molecule has 2 unspecified atom stereocenters. The summed E-state index contributed by atoms with van der Waals surface area (Å²) >= 11 is 0. The third kappa shape index (κ3) is 4.25. The minimum Gasteiger partial charge on any atom is -0.388 e. The molecule has 3 heteroatoms. The fraction of sp³-hybridized carbons (Fsp3) is 0.500. The summed E-state index contributed by atoms with van der Waals surface area (Å²) in [6.45, 7) is 5.36. The van der Waals surface area contributed by atoms with Crippen LogP contribution in [-0.2, 0) is 6.42 Å². The van der Waals surface area contributed by atoms with Crippen LogP contribution in [0.1, 0.15) is 60.0 Å². The van der Waals surface area contributed by atoms with Crippen molar-refractivity contribution in [3.8, 4) is 0 Å². The molecule has 0 saturated carbocycles. The molecule has 0 aromatic heterocycles. The average molecular weight is 368 g/mol. The van der Waals surface area contributed by atoms with E-state index in [9.17, 15) is 9.50 Å². The number of hydrogen-bond acceptors (Lipinski definition) is 2. The van der Waals surface area contributed by atoms with Crippen molar-refractivity contribution < 1.29 is 9.50 Å². The maximum Gasteiger partial charge on any atom is 0.123 e. The van der Waals surface area contributed by atoms with Gasteiger partial charge in [-0.3, -0.25) is 0 Å². The van der Waals surface area contributed by atoms with Crippen LogP contribution < -0.4 is 0 Å². The molecule has 27 heavy (non-hydrogen) atoms. The van der Waals surface area contributed by atoms with Gasteiger partial charge >= 0.3 is 0 Å². The molecule has 0 bridgehead atoms. The molecule has 2 aliphatic rings. The van der Waals surface area contributed by atoms with Gasteiger partial charge < -0.3 is 10.0 Å². The zero-order valence-electron chi connectivity index (χ0n) is 16.2. The number of nitrogens with zero attached hydrogens (tertiary/aromatic N) is 1. The Morgan fingerprint density at radius 3 is 2.63 bits per heavy atom. The van der Waals surface area contributed by atoms with E-state index in [4.69, 9.17) is 0 Å². The SMILES string of the molecule is Cc1cccc2c1CCC(CN1CCC(c3cccc(F)c3)CC1)CC2O. The van der Waals surface area contributed by atoms with E-state index < -0.39 is 0 Å². The molecule has 1 saturated heterocycles. The number of piperidine rings is 1. The maximum absolute atomic E-state index is 13.5. The highest BCUT2D eigenvalue weighted by atomic mass is 19.1. The summed E-state index contributed by atoms with van der Waals surface area (Å²) in [4.78, 5) is 2.55. The van der Waals surface area contributed by atoms with E-state index in [1.807, 2.05) is 6.07 Å². The van der Waals surface area contributed by atoms with E-state index in [0.717, 1.165) is 62.9 Å². The van der Waals surface area contributed by atoms with E-state index in [0.29, 0.717) is 11.8 Å². The average Bonchev–Trinajstić information content (AvgIpc) is 2.82. The number of hydrogen-bond donors (Lipinski definition) is 1. The number of aliphatic hydroxyl groups excluding tert-OH is 1. The van der Waals surface area contributed by atoms with Gasteiger partial charge in [0.1, 0.15) is 5.82 Å². The monoisotopic (exact) mass is 367 g/mol. The van der Waals surface area contributed by atoms with E-state index in [1.54, 1.807) is 6.07 Å². The lowest BCUT2D eigenvalue weighted by molar-refractivity contribution is 0.117. The van der Waals surface area contributed by atoms with Gasteiger partial charge in [0.2, 0.25) is 0 Å². The van der Waals surface area contributed by atoms with Crippen LogP contribution >= 0.6 is 0 Å². The Morgan fingerprint density at radius 2 is 1.85 bits per heavy atom. The molecular formula is C24H30FNO. The van der Waals surface area contributed by atoms with Crippen molar-refractivity contribution in [1.29, 1.82) is 0 Å². The summed E-state index contributed by atoms with van der Waals surface area (Å²) in [5.41, 5.74) is 4.95. The maximum atomic E-state index is 13.5. The van der Waals surface area contributed by atoms with Crippen molar-refractivity contribution >= 4 is 0 Å². The van der Waals surface area contributed by atoms with Crippen LogP contribution in [0.2, 0.25) is 0 Å². The quantitative estimate of drug-likeness (QED) is 0.772. The second-order valence-corrected chi connectivity index (χ2v) is 8.43. The van der Waals surface area contributed by atoms with Gasteiger partial charge in [0.05, 0.1) is 6.10 Å². The van der Waals surface area contributed by atoms with Crippen LogP contribution in [0.4, 0.5) is 4.39 Å². The van der Waals surface area contributed by atoms with Gasteiger partial charge in [0, 0.05) is 6.54 Å².